The summed E-state index contributed by atoms with van der Waals surface area (Å²) >= 11 is 6.16. The predicted molar refractivity (Wildman–Crippen MR) is 153 cm³/mol. The average Bonchev–Trinajstić information content (AvgIpc) is 3.56. The summed E-state index contributed by atoms with van der Waals surface area (Å²) in [7, 11) is 0. The SMILES string of the molecule is CC(=O)Nc1nc(Cl)c2ncn([C@H]3C[C@H](F)[C@@H](COC(=O)[C@H](C)OC(=O)[C@@H](NC(=O)OCc4ccccc4)C(C)C)O3)c2n1. The molecule has 2 amide bonds. The minimum absolute atomic E-state index is 0.00553. The number of amides is 2. The molecule has 0 spiro atoms. The Bertz CT molecular complexity index is 1510. The Hall–Kier alpha value is -4.37. The molecule has 1 aromatic carbocycles. The van der Waals surface area contributed by atoms with Crippen LogP contribution in [-0.2, 0) is 39.9 Å². The average molecular weight is 635 g/mol. The number of hydrogen-bond acceptors (Lipinski definition) is 11. The van der Waals surface area contributed by atoms with Gasteiger partial charge < -0.3 is 24.3 Å². The molecular weight excluding hydrogens is 603 g/mol. The number of benzene rings is 1. The van der Waals surface area contributed by atoms with E-state index in [1.54, 1.807) is 38.1 Å². The Morgan fingerprint density at radius 3 is 2.52 bits per heavy atom. The van der Waals surface area contributed by atoms with E-state index in [0.29, 0.717) is 0 Å². The minimum atomic E-state index is -1.52. The van der Waals surface area contributed by atoms with E-state index in [2.05, 4.69) is 25.6 Å². The van der Waals surface area contributed by atoms with Crippen LogP contribution in [0.25, 0.3) is 11.2 Å². The zero-order chi connectivity index (χ0) is 32.0. The molecule has 44 heavy (non-hydrogen) atoms. The fraction of sp³-hybridized carbons (Fsp3) is 0.464. The molecule has 14 nitrogen and oxygen atoms in total. The van der Waals surface area contributed by atoms with Crippen LogP contribution in [0.3, 0.4) is 0 Å². The normalized spacial score (nSPS) is 19.3. The smallest absolute Gasteiger partial charge is 0.408 e. The summed E-state index contributed by atoms with van der Waals surface area (Å²) in [6, 6.07) is 7.90. The lowest BCUT2D eigenvalue weighted by Crippen LogP contribution is -2.47. The van der Waals surface area contributed by atoms with E-state index in [9.17, 15) is 23.6 Å². The summed E-state index contributed by atoms with van der Waals surface area (Å²) in [6.45, 7) is 5.49. The molecule has 16 heteroatoms. The maximum Gasteiger partial charge on any atom is 0.408 e. The van der Waals surface area contributed by atoms with E-state index in [1.165, 1.54) is 24.7 Å². The lowest BCUT2D eigenvalue weighted by atomic mass is 10.1. The summed E-state index contributed by atoms with van der Waals surface area (Å²) in [6.07, 6.45) is -4.47. The number of ether oxygens (including phenoxy) is 4. The largest absolute Gasteiger partial charge is 0.460 e. The molecule has 2 aromatic heterocycles. The molecule has 5 atom stereocenters. The van der Waals surface area contributed by atoms with Crippen molar-refractivity contribution in [1.29, 1.82) is 0 Å². The van der Waals surface area contributed by atoms with Gasteiger partial charge in [0, 0.05) is 13.3 Å². The first-order valence-electron chi connectivity index (χ1n) is 13.7. The molecule has 3 aromatic rings. The van der Waals surface area contributed by atoms with Gasteiger partial charge in [-0.25, -0.2) is 23.8 Å². The Kier molecular flexibility index (Phi) is 10.7. The van der Waals surface area contributed by atoms with Crippen molar-refractivity contribution in [3.8, 4) is 0 Å². The molecule has 1 aliphatic heterocycles. The number of rotatable bonds is 11. The monoisotopic (exact) mass is 634 g/mol. The number of anilines is 1. The van der Waals surface area contributed by atoms with Gasteiger partial charge in [0.2, 0.25) is 11.9 Å². The Labute approximate surface area is 256 Å². The molecule has 1 saturated heterocycles. The van der Waals surface area contributed by atoms with Crippen LogP contribution in [0.5, 0.6) is 0 Å². The maximum atomic E-state index is 14.9. The van der Waals surface area contributed by atoms with Gasteiger partial charge in [0.1, 0.15) is 43.3 Å². The summed E-state index contributed by atoms with van der Waals surface area (Å²) in [5.74, 6) is -2.65. The molecular formula is C28H32ClFN6O8. The first-order chi connectivity index (χ1) is 20.9. The van der Waals surface area contributed by atoms with Gasteiger partial charge in [0.15, 0.2) is 16.9 Å². The number of imidazole rings is 1. The number of halogens is 2. The number of carbonyl (C=O) groups excluding carboxylic acids is 4. The van der Waals surface area contributed by atoms with Crippen LogP contribution >= 0.6 is 11.6 Å². The van der Waals surface area contributed by atoms with Crippen LogP contribution in [-0.4, -0.2) is 74.5 Å². The number of nitrogens with zero attached hydrogens (tertiary/aromatic N) is 4. The van der Waals surface area contributed by atoms with Gasteiger partial charge in [-0.05, 0) is 18.4 Å². The molecule has 1 aliphatic rings. The van der Waals surface area contributed by atoms with Crippen LogP contribution in [0.15, 0.2) is 36.7 Å². The van der Waals surface area contributed by atoms with E-state index in [0.717, 1.165) is 5.56 Å². The van der Waals surface area contributed by atoms with Gasteiger partial charge in [-0.2, -0.15) is 9.97 Å². The van der Waals surface area contributed by atoms with Crippen LogP contribution in [0.2, 0.25) is 5.15 Å². The second-order valence-electron chi connectivity index (χ2n) is 10.4. The Morgan fingerprint density at radius 2 is 1.84 bits per heavy atom. The van der Waals surface area contributed by atoms with Gasteiger partial charge in [0.05, 0.1) is 6.33 Å². The van der Waals surface area contributed by atoms with Gasteiger partial charge in [-0.3, -0.25) is 14.7 Å². The van der Waals surface area contributed by atoms with Crippen molar-refractivity contribution in [3.05, 3.63) is 47.4 Å². The predicted octanol–water partition coefficient (Wildman–Crippen LogP) is 3.49. The van der Waals surface area contributed by atoms with Gasteiger partial charge in [0.25, 0.3) is 0 Å². The highest BCUT2D eigenvalue weighted by Gasteiger charge is 2.39. The number of alkyl carbamates (subject to hydrolysis) is 1. The van der Waals surface area contributed by atoms with E-state index in [4.69, 9.17) is 30.5 Å². The second kappa shape index (κ2) is 14.4. The fourth-order valence-corrected chi connectivity index (χ4v) is 4.50. The number of alkyl halides is 1. The Morgan fingerprint density at radius 1 is 1.11 bits per heavy atom. The molecule has 236 valence electrons. The minimum Gasteiger partial charge on any atom is -0.460 e. The second-order valence-corrected chi connectivity index (χ2v) is 10.7. The maximum absolute atomic E-state index is 14.9. The van der Waals surface area contributed by atoms with Crippen molar-refractivity contribution in [3.63, 3.8) is 0 Å². The van der Waals surface area contributed by atoms with Crippen LogP contribution < -0.4 is 10.6 Å². The van der Waals surface area contributed by atoms with Crippen molar-refractivity contribution in [2.75, 3.05) is 11.9 Å². The van der Waals surface area contributed by atoms with Gasteiger partial charge in [-0.15, -0.1) is 0 Å². The molecule has 0 aliphatic carbocycles. The van der Waals surface area contributed by atoms with E-state index < -0.39 is 61.2 Å². The standard InChI is InChI=1S/C28H32ClFN6O8/c1-14(2)21(33-28(40)42-11-17-8-6-5-7-9-17)26(39)43-15(3)25(38)41-12-19-18(30)10-20(44-19)36-13-31-22-23(29)34-27(32-16(4)37)35-24(22)36/h5-9,13-15,18-21H,10-12H2,1-4H3,(H,33,40)(H,32,34,35,37)/t15-,18-,19+,20+,21-/m0/s1. The summed E-state index contributed by atoms with van der Waals surface area (Å²) < 4.78 is 37.7. The molecule has 2 N–H and O–H groups in total. The summed E-state index contributed by atoms with van der Waals surface area (Å²) in [5.41, 5.74) is 1.20. The molecule has 0 bridgehead atoms. The summed E-state index contributed by atoms with van der Waals surface area (Å²) in [4.78, 5) is 61.4. The van der Waals surface area contributed by atoms with Crippen LogP contribution in [0.1, 0.15) is 45.9 Å². The van der Waals surface area contributed by atoms with Crippen molar-refractivity contribution < 1.29 is 42.5 Å². The molecule has 0 saturated carbocycles. The van der Waals surface area contributed by atoms with Crippen molar-refractivity contribution in [1.82, 2.24) is 24.8 Å². The third kappa shape index (κ3) is 8.17. The molecule has 0 unspecified atom stereocenters. The zero-order valence-corrected chi connectivity index (χ0v) is 25.1. The lowest BCUT2D eigenvalue weighted by molar-refractivity contribution is -0.171. The van der Waals surface area contributed by atoms with E-state index in [-0.39, 0.29) is 41.2 Å². The molecule has 0 radical (unpaired) electrons. The first-order valence-corrected chi connectivity index (χ1v) is 14.1. The van der Waals surface area contributed by atoms with Crippen molar-refractivity contribution in [2.45, 2.75) is 71.4 Å². The number of hydrogen-bond donors (Lipinski definition) is 2. The lowest BCUT2D eigenvalue weighted by Gasteiger charge is -2.23. The van der Waals surface area contributed by atoms with Crippen molar-refractivity contribution in [2.24, 2.45) is 5.92 Å². The topological polar surface area (TPSA) is 173 Å². The number of nitrogens with one attached hydrogen (secondary N) is 2. The number of esters is 2. The van der Waals surface area contributed by atoms with E-state index >= 15 is 0 Å². The highest BCUT2D eigenvalue weighted by Crippen LogP contribution is 2.34. The third-order valence-electron chi connectivity index (χ3n) is 6.56. The van der Waals surface area contributed by atoms with Crippen LogP contribution in [0, 0.1) is 5.92 Å². The van der Waals surface area contributed by atoms with Gasteiger partial charge >= 0.3 is 18.0 Å². The molecule has 4 rings (SSSR count). The van der Waals surface area contributed by atoms with Gasteiger partial charge in [-0.1, -0.05) is 55.8 Å². The molecule has 1 fully saturated rings. The Balaban J connectivity index is 1.29. The number of carbonyl (C=O) groups is 4. The first kappa shape index (κ1) is 32.5. The van der Waals surface area contributed by atoms with E-state index in [1.807, 2.05) is 6.07 Å². The highest BCUT2D eigenvalue weighted by atomic mass is 35.5. The number of aromatic nitrogens is 4. The van der Waals surface area contributed by atoms with Crippen molar-refractivity contribution >= 4 is 52.7 Å². The van der Waals surface area contributed by atoms with Crippen LogP contribution in [0.4, 0.5) is 15.1 Å². The molecule has 3 heterocycles. The zero-order valence-electron chi connectivity index (χ0n) is 24.4. The summed E-state index contributed by atoms with van der Waals surface area (Å²) in [5, 5.41) is 4.88. The highest BCUT2D eigenvalue weighted by molar-refractivity contribution is 6.33. The third-order valence-corrected chi connectivity index (χ3v) is 6.82. The number of fused-ring (bicyclic) bond motifs is 1. The quantitative estimate of drug-likeness (QED) is 0.180. The fourth-order valence-electron chi connectivity index (χ4n) is 4.28.